The van der Waals surface area contributed by atoms with Gasteiger partial charge in [-0.2, -0.15) is 0 Å². The molecule has 11 heteroatoms. The largest absolute Gasteiger partial charge is 0.354 e. The first kappa shape index (κ1) is 28.2. The number of anilines is 1. The molecule has 0 radical (unpaired) electrons. The molecule has 2 rings (SSSR count). The van der Waals surface area contributed by atoms with Crippen molar-refractivity contribution in [3.63, 3.8) is 0 Å². The van der Waals surface area contributed by atoms with Crippen LogP contribution < -0.4 is 9.62 Å². The summed E-state index contributed by atoms with van der Waals surface area (Å²) in [5.41, 5.74) is 0.807. The van der Waals surface area contributed by atoms with Crippen LogP contribution in [0.3, 0.4) is 0 Å². The highest BCUT2D eigenvalue weighted by molar-refractivity contribution is 7.92. The third-order valence-corrected chi connectivity index (χ3v) is 6.95. The molecule has 7 nitrogen and oxygen atoms in total. The van der Waals surface area contributed by atoms with Crippen LogP contribution >= 0.6 is 34.8 Å². The second-order valence-electron chi connectivity index (χ2n) is 8.32. The number of rotatable bonds is 10. The van der Waals surface area contributed by atoms with E-state index in [-0.39, 0.29) is 24.1 Å². The standard InChI is InChI=1S/C23H28Cl3N3O4S/c1-15(2)12-27-23(31)16(3)28(13-17-8-9-19(25)11-21(17)26)22(30)14-29(34(4,32)33)20-7-5-6-18(24)10-20/h5-11,15-16H,12-14H2,1-4H3,(H,27,31)/t16-/m1/s1. The summed E-state index contributed by atoms with van der Waals surface area (Å²) in [6.45, 7) is 5.39. The number of sulfonamides is 1. The van der Waals surface area contributed by atoms with Crippen molar-refractivity contribution in [1.82, 2.24) is 10.2 Å². The Bertz CT molecular complexity index is 1140. The van der Waals surface area contributed by atoms with Gasteiger partial charge in [0.2, 0.25) is 21.8 Å². The zero-order valence-corrected chi connectivity index (χ0v) is 22.5. The van der Waals surface area contributed by atoms with Gasteiger partial charge in [0, 0.05) is 28.2 Å². The molecule has 2 aromatic rings. The molecule has 0 saturated carbocycles. The molecule has 1 atom stereocenters. The number of amides is 2. The second-order valence-corrected chi connectivity index (χ2v) is 11.5. The average molecular weight is 549 g/mol. The molecule has 2 aromatic carbocycles. The summed E-state index contributed by atoms with van der Waals surface area (Å²) >= 11 is 18.3. The molecule has 34 heavy (non-hydrogen) atoms. The Kier molecular flexibility index (Phi) is 10.1. The van der Waals surface area contributed by atoms with Crippen molar-refractivity contribution in [1.29, 1.82) is 0 Å². The molecule has 0 aliphatic rings. The highest BCUT2D eigenvalue weighted by atomic mass is 35.5. The monoisotopic (exact) mass is 547 g/mol. The topological polar surface area (TPSA) is 86.8 Å². The number of nitrogens with zero attached hydrogens (tertiary/aromatic N) is 2. The molecule has 0 aliphatic carbocycles. The molecule has 0 heterocycles. The molecule has 1 N–H and O–H groups in total. The van der Waals surface area contributed by atoms with Crippen LogP contribution in [0.2, 0.25) is 15.1 Å². The molecule has 0 aromatic heterocycles. The number of hydrogen-bond acceptors (Lipinski definition) is 4. The number of carbonyl (C=O) groups is 2. The Morgan fingerprint density at radius 1 is 1.00 bits per heavy atom. The van der Waals surface area contributed by atoms with E-state index in [0.717, 1.165) is 10.6 Å². The van der Waals surface area contributed by atoms with Gasteiger partial charge in [0.05, 0.1) is 11.9 Å². The Balaban J connectivity index is 2.40. The Labute approximate surface area is 216 Å². The maximum Gasteiger partial charge on any atom is 0.244 e. The van der Waals surface area contributed by atoms with Gasteiger partial charge in [-0.05, 0) is 48.7 Å². The van der Waals surface area contributed by atoms with Crippen LogP contribution in [-0.4, -0.2) is 50.5 Å². The maximum atomic E-state index is 13.5. The van der Waals surface area contributed by atoms with E-state index in [0.29, 0.717) is 27.2 Å². The van der Waals surface area contributed by atoms with Gasteiger partial charge in [-0.1, -0.05) is 60.8 Å². The van der Waals surface area contributed by atoms with E-state index in [9.17, 15) is 18.0 Å². The van der Waals surface area contributed by atoms with Crippen molar-refractivity contribution in [2.24, 2.45) is 5.92 Å². The molecule has 0 aliphatic heterocycles. The first-order valence-electron chi connectivity index (χ1n) is 10.5. The van der Waals surface area contributed by atoms with Crippen LogP contribution in [0.5, 0.6) is 0 Å². The van der Waals surface area contributed by atoms with Gasteiger partial charge in [0.15, 0.2) is 0 Å². The molecule has 2 amide bonds. The highest BCUT2D eigenvalue weighted by Gasteiger charge is 2.30. The third-order valence-electron chi connectivity index (χ3n) is 4.98. The molecular weight excluding hydrogens is 521 g/mol. The van der Waals surface area contributed by atoms with Crippen LogP contribution in [0, 0.1) is 5.92 Å². The predicted molar refractivity (Wildman–Crippen MR) is 138 cm³/mol. The van der Waals surface area contributed by atoms with Crippen molar-refractivity contribution in [2.45, 2.75) is 33.4 Å². The van der Waals surface area contributed by atoms with E-state index < -0.39 is 28.5 Å². The second kappa shape index (κ2) is 12.1. The number of benzene rings is 2. The molecular formula is C23H28Cl3N3O4S. The highest BCUT2D eigenvalue weighted by Crippen LogP contribution is 2.25. The molecule has 0 bridgehead atoms. The Morgan fingerprint density at radius 3 is 2.21 bits per heavy atom. The lowest BCUT2D eigenvalue weighted by Crippen LogP contribution is -2.51. The van der Waals surface area contributed by atoms with Crippen LogP contribution in [0.4, 0.5) is 5.69 Å². The lowest BCUT2D eigenvalue weighted by Gasteiger charge is -2.32. The van der Waals surface area contributed by atoms with Gasteiger partial charge in [-0.3, -0.25) is 13.9 Å². The van der Waals surface area contributed by atoms with Gasteiger partial charge in [-0.25, -0.2) is 8.42 Å². The molecule has 0 saturated heterocycles. The number of nitrogens with one attached hydrogen (secondary N) is 1. The van der Waals surface area contributed by atoms with E-state index in [1.165, 1.54) is 11.0 Å². The summed E-state index contributed by atoms with van der Waals surface area (Å²) in [5, 5.41) is 3.89. The van der Waals surface area contributed by atoms with Crippen LogP contribution in [-0.2, 0) is 26.2 Å². The number of hydrogen-bond donors (Lipinski definition) is 1. The molecule has 0 unspecified atom stereocenters. The summed E-state index contributed by atoms with van der Waals surface area (Å²) in [7, 11) is -3.83. The van der Waals surface area contributed by atoms with Crippen LogP contribution in [0.15, 0.2) is 42.5 Å². The van der Waals surface area contributed by atoms with E-state index in [1.54, 1.807) is 43.3 Å². The lowest BCUT2D eigenvalue weighted by atomic mass is 10.1. The Morgan fingerprint density at radius 2 is 1.65 bits per heavy atom. The SMILES string of the molecule is CC(C)CNC(=O)[C@@H](C)N(Cc1ccc(Cl)cc1Cl)C(=O)CN(c1cccc(Cl)c1)S(C)(=O)=O. The minimum atomic E-state index is -3.83. The fourth-order valence-corrected chi connectivity index (χ4v) is 4.61. The zero-order valence-electron chi connectivity index (χ0n) is 19.4. The van der Waals surface area contributed by atoms with Crippen LogP contribution in [0.1, 0.15) is 26.3 Å². The van der Waals surface area contributed by atoms with Gasteiger partial charge in [0.1, 0.15) is 12.6 Å². The van der Waals surface area contributed by atoms with Crippen LogP contribution in [0.25, 0.3) is 0 Å². The first-order valence-corrected chi connectivity index (χ1v) is 13.5. The lowest BCUT2D eigenvalue weighted by molar-refractivity contribution is -0.139. The van der Waals surface area contributed by atoms with Gasteiger partial charge in [-0.15, -0.1) is 0 Å². The number of carbonyl (C=O) groups excluding carboxylic acids is 2. The number of halogens is 3. The fourth-order valence-electron chi connectivity index (χ4n) is 3.11. The normalized spacial score (nSPS) is 12.4. The molecule has 186 valence electrons. The summed E-state index contributed by atoms with van der Waals surface area (Å²) in [6, 6.07) is 10.1. The summed E-state index contributed by atoms with van der Waals surface area (Å²) in [5.74, 6) is -0.723. The zero-order chi connectivity index (χ0) is 25.6. The Hall–Kier alpha value is -2.00. The van der Waals surface area contributed by atoms with Crippen molar-refractivity contribution >= 4 is 62.3 Å². The average Bonchev–Trinajstić information content (AvgIpc) is 2.73. The fraction of sp³-hybridized carbons (Fsp3) is 0.391. The minimum absolute atomic E-state index is 0.0156. The van der Waals surface area contributed by atoms with E-state index in [4.69, 9.17) is 34.8 Å². The van der Waals surface area contributed by atoms with Gasteiger partial charge >= 0.3 is 0 Å². The third kappa shape index (κ3) is 8.05. The van der Waals surface area contributed by atoms with E-state index in [2.05, 4.69) is 5.32 Å². The summed E-state index contributed by atoms with van der Waals surface area (Å²) < 4.78 is 26.0. The summed E-state index contributed by atoms with van der Waals surface area (Å²) in [4.78, 5) is 27.6. The maximum absolute atomic E-state index is 13.5. The summed E-state index contributed by atoms with van der Waals surface area (Å²) in [6.07, 6.45) is 1.00. The van der Waals surface area contributed by atoms with Crippen molar-refractivity contribution < 1.29 is 18.0 Å². The molecule has 0 spiro atoms. The quantitative estimate of drug-likeness (QED) is 0.470. The van der Waals surface area contributed by atoms with E-state index >= 15 is 0 Å². The van der Waals surface area contributed by atoms with Gasteiger partial charge in [0.25, 0.3) is 0 Å². The van der Waals surface area contributed by atoms with Gasteiger partial charge < -0.3 is 10.2 Å². The smallest absolute Gasteiger partial charge is 0.244 e. The minimum Gasteiger partial charge on any atom is -0.354 e. The van der Waals surface area contributed by atoms with Crippen molar-refractivity contribution in [2.75, 3.05) is 23.7 Å². The first-order chi connectivity index (χ1) is 15.8. The van der Waals surface area contributed by atoms with Crippen molar-refractivity contribution in [3.05, 3.63) is 63.1 Å². The molecule has 0 fully saturated rings. The van der Waals surface area contributed by atoms with Crippen molar-refractivity contribution in [3.8, 4) is 0 Å². The predicted octanol–water partition coefficient (Wildman–Crippen LogP) is 4.60. The van der Waals surface area contributed by atoms with E-state index in [1.807, 2.05) is 13.8 Å².